The molecule has 1 atom stereocenters. The topological polar surface area (TPSA) is 55.6 Å². The van der Waals surface area contributed by atoms with Gasteiger partial charge in [-0.1, -0.05) is 6.07 Å². The van der Waals surface area contributed by atoms with Crippen molar-refractivity contribution in [2.75, 3.05) is 20.2 Å². The van der Waals surface area contributed by atoms with Gasteiger partial charge in [0.05, 0.1) is 7.11 Å². The van der Waals surface area contributed by atoms with Crippen molar-refractivity contribution in [1.29, 1.82) is 0 Å². The highest BCUT2D eigenvalue weighted by atomic mass is 19.1. The van der Waals surface area contributed by atoms with Gasteiger partial charge in [0.2, 0.25) is 5.91 Å². The van der Waals surface area contributed by atoms with Crippen molar-refractivity contribution in [3.8, 4) is 5.75 Å². The van der Waals surface area contributed by atoms with E-state index in [9.17, 15) is 9.18 Å². The Bertz CT molecular complexity index is 502. The smallest absolute Gasteiger partial charge is 0.246 e. The molecule has 0 radical (unpaired) electrons. The van der Waals surface area contributed by atoms with Crippen LogP contribution in [0.3, 0.4) is 0 Å². The van der Waals surface area contributed by atoms with Crippen LogP contribution in [0.5, 0.6) is 5.75 Å². The van der Waals surface area contributed by atoms with Crippen LogP contribution in [0.4, 0.5) is 4.39 Å². The molecule has 0 spiro atoms. The van der Waals surface area contributed by atoms with E-state index in [-0.39, 0.29) is 17.7 Å². The van der Waals surface area contributed by atoms with Crippen LogP contribution in [0, 0.1) is 5.82 Å². The molecule has 2 N–H and O–H groups in total. The minimum atomic E-state index is -0.444. The van der Waals surface area contributed by atoms with Gasteiger partial charge < -0.3 is 15.4 Å². The first-order valence-electron chi connectivity index (χ1n) is 6.16. The Labute approximate surface area is 111 Å². The number of hydrogen-bond donors (Lipinski definition) is 1. The maximum atomic E-state index is 13.5. The van der Waals surface area contributed by atoms with Gasteiger partial charge in [-0.2, -0.15) is 0 Å². The monoisotopic (exact) mass is 264 g/mol. The Kier molecular flexibility index (Phi) is 4.16. The lowest BCUT2D eigenvalue weighted by atomic mass is 10.2. The molecule has 1 aromatic rings. The SMILES string of the molecule is COc1ccc(/C=C/C(=O)N2CC[C@@H](N)C2)cc1F. The summed E-state index contributed by atoms with van der Waals surface area (Å²) in [6, 6.07) is 4.63. The minimum Gasteiger partial charge on any atom is -0.494 e. The molecule has 0 aromatic heterocycles. The standard InChI is InChI=1S/C14H17FN2O2/c1-19-13-4-2-10(8-12(13)15)3-5-14(18)17-7-6-11(16)9-17/h2-5,8,11H,6-7,9,16H2,1H3/b5-3+/t11-/m1/s1. The van der Waals surface area contributed by atoms with Crippen LogP contribution in [-0.4, -0.2) is 37.0 Å². The van der Waals surface area contributed by atoms with Gasteiger partial charge in [-0.3, -0.25) is 4.79 Å². The van der Waals surface area contributed by atoms with E-state index in [4.69, 9.17) is 10.5 Å². The van der Waals surface area contributed by atoms with E-state index in [0.29, 0.717) is 18.7 Å². The van der Waals surface area contributed by atoms with Gasteiger partial charge in [0.15, 0.2) is 11.6 Å². The summed E-state index contributed by atoms with van der Waals surface area (Å²) in [5, 5.41) is 0. The first-order valence-corrected chi connectivity index (χ1v) is 6.16. The second-order valence-electron chi connectivity index (χ2n) is 4.56. The zero-order chi connectivity index (χ0) is 13.8. The molecule has 0 bridgehead atoms. The quantitative estimate of drug-likeness (QED) is 0.840. The molecule has 5 heteroatoms. The van der Waals surface area contributed by atoms with Crippen LogP contribution in [0.15, 0.2) is 24.3 Å². The fourth-order valence-electron chi connectivity index (χ4n) is 2.05. The fraction of sp³-hybridized carbons (Fsp3) is 0.357. The van der Waals surface area contributed by atoms with Crippen molar-refractivity contribution in [3.05, 3.63) is 35.7 Å². The van der Waals surface area contributed by atoms with Crippen molar-refractivity contribution in [2.45, 2.75) is 12.5 Å². The number of rotatable bonds is 3. The Hall–Kier alpha value is -1.88. The van der Waals surface area contributed by atoms with Gasteiger partial charge in [0.1, 0.15) is 0 Å². The van der Waals surface area contributed by atoms with E-state index >= 15 is 0 Å². The van der Waals surface area contributed by atoms with Crippen LogP contribution in [-0.2, 0) is 4.79 Å². The molecule has 1 heterocycles. The van der Waals surface area contributed by atoms with E-state index in [1.807, 2.05) is 0 Å². The second-order valence-corrected chi connectivity index (χ2v) is 4.56. The van der Waals surface area contributed by atoms with E-state index in [1.165, 1.54) is 25.3 Å². The average Bonchev–Trinajstić information content (AvgIpc) is 2.83. The van der Waals surface area contributed by atoms with Crippen molar-refractivity contribution in [2.24, 2.45) is 5.73 Å². The van der Waals surface area contributed by atoms with Crippen LogP contribution in [0.1, 0.15) is 12.0 Å². The van der Waals surface area contributed by atoms with Crippen LogP contribution in [0.2, 0.25) is 0 Å². The maximum Gasteiger partial charge on any atom is 0.246 e. The summed E-state index contributed by atoms with van der Waals surface area (Å²) in [4.78, 5) is 13.5. The molecule has 1 amide bonds. The Morgan fingerprint density at radius 3 is 2.95 bits per heavy atom. The third-order valence-corrected chi connectivity index (χ3v) is 3.13. The van der Waals surface area contributed by atoms with Gasteiger partial charge in [0.25, 0.3) is 0 Å². The first kappa shape index (κ1) is 13.5. The molecule has 4 nitrogen and oxygen atoms in total. The normalized spacial score (nSPS) is 19.1. The van der Waals surface area contributed by atoms with Crippen molar-refractivity contribution >= 4 is 12.0 Å². The number of hydrogen-bond acceptors (Lipinski definition) is 3. The number of halogens is 1. The summed E-state index contributed by atoms with van der Waals surface area (Å²) < 4.78 is 18.3. The number of amides is 1. The van der Waals surface area contributed by atoms with Crippen molar-refractivity contribution in [1.82, 2.24) is 4.90 Å². The van der Waals surface area contributed by atoms with Gasteiger partial charge >= 0.3 is 0 Å². The predicted octanol–water partition coefficient (Wildman–Crippen LogP) is 1.41. The second kappa shape index (κ2) is 5.84. The molecule has 1 saturated heterocycles. The van der Waals surface area contributed by atoms with Crippen LogP contribution >= 0.6 is 0 Å². The van der Waals surface area contributed by atoms with E-state index < -0.39 is 5.82 Å². The molecule has 1 aromatic carbocycles. The minimum absolute atomic E-state index is 0.0655. The number of likely N-dealkylation sites (tertiary alicyclic amines) is 1. The van der Waals surface area contributed by atoms with Gasteiger partial charge in [0, 0.05) is 25.2 Å². The third kappa shape index (κ3) is 3.32. The van der Waals surface area contributed by atoms with E-state index in [2.05, 4.69) is 0 Å². The highest BCUT2D eigenvalue weighted by Gasteiger charge is 2.21. The number of carbonyl (C=O) groups excluding carboxylic acids is 1. The summed E-state index contributed by atoms with van der Waals surface area (Å²) >= 11 is 0. The summed E-state index contributed by atoms with van der Waals surface area (Å²) in [7, 11) is 1.41. The highest BCUT2D eigenvalue weighted by Crippen LogP contribution is 2.18. The lowest BCUT2D eigenvalue weighted by Gasteiger charge is -2.12. The zero-order valence-electron chi connectivity index (χ0n) is 10.8. The molecule has 1 aliphatic heterocycles. The number of carbonyl (C=O) groups is 1. The Morgan fingerprint density at radius 2 is 2.37 bits per heavy atom. The number of nitrogens with two attached hydrogens (primary N) is 1. The van der Waals surface area contributed by atoms with E-state index in [0.717, 1.165) is 6.42 Å². The van der Waals surface area contributed by atoms with Crippen LogP contribution < -0.4 is 10.5 Å². The number of ether oxygens (including phenoxy) is 1. The van der Waals surface area contributed by atoms with Gasteiger partial charge in [-0.25, -0.2) is 4.39 Å². The number of nitrogens with zero attached hydrogens (tertiary/aromatic N) is 1. The number of methoxy groups -OCH3 is 1. The Balaban J connectivity index is 2.02. The molecule has 1 aliphatic rings. The molecule has 19 heavy (non-hydrogen) atoms. The summed E-state index contributed by atoms with van der Waals surface area (Å²) in [5.74, 6) is -0.349. The summed E-state index contributed by atoms with van der Waals surface area (Å²) in [6.07, 6.45) is 3.87. The maximum absolute atomic E-state index is 13.5. The molecule has 0 unspecified atom stereocenters. The molecule has 1 fully saturated rings. The highest BCUT2D eigenvalue weighted by molar-refractivity contribution is 5.92. The average molecular weight is 264 g/mol. The lowest BCUT2D eigenvalue weighted by Crippen LogP contribution is -2.30. The fourth-order valence-corrected chi connectivity index (χ4v) is 2.05. The first-order chi connectivity index (χ1) is 9.10. The van der Waals surface area contributed by atoms with Crippen molar-refractivity contribution in [3.63, 3.8) is 0 Å². The largest absolute Gasteiger partial charge is 0.494 e. The molecular weight excluding hydrogens is 247 g/mol. The number of benzene rings is 1. The summed E-state index contributed by atoms with van der Waals surface area (Å²) in [5.41, 5.74) is 6.36. The third-order valence-electron chi connectivity index (χ3n) is 3.13. The molecular formula is C14H17FN2O2. The Morgan fingerprint density at radius 1 is 1.58 bits per heavy atom. The van der Waals surface area contributed by atoms with E-state index in [1.54, 1.807) is 17.0 Å². The molecule has 0 aliphatic carbocycles. The van der Waals surface area contributed by atoms with Crippen LogP contribution in [0.25, 0.3) is 6.08 Å². The van der Waals surface area contributed by atoms with Gasteiger partial charge in [-0.05, 0) is 30.2 Å². The molecule has 0 saturated carbocycles. The van der Waals surface area contributed by atoms with Gasteiger partial charge in [-0.15, -0.1) is 0 Å². The molecule has 2 rings (SSSR count). The lowest BCUT2D eigenvalue weighted by molar-refractivity contribution is -0.124. The summed E-state index contributed by atoms with van der Waals surface area (Å²) in [6.45, 7) is 1.27. The molecule has 102 valence electrons. The predicted molar refractivity (Wildman–Crippen MR) is 71.2 cm³/mol. The van der Waals surface area contributed by atoms with Crippen molar-refractivity contribution < 1.29 is 13.9 Å². The zero-order valence-corrected chi connectivity index (χ0v) is 10.8.